The van der Waals surface area contributed by atoms with Gasteiger partial charge in [0.25, 0.3) is 0 Å². The van der Waals surface area contributed by atoms with Crippen LogP contribution in [0.3, 0.4) is 0 Å². The van der Waals surface area contributed by atoms with Crippen LogP contribution in [0.2, 0.25) is 0 Å². The summed E-state index contributed by atoms with van der Waals surface area (Å²) in [5.74, 6) is 0.360. The molecule has 0 amide bonds. The molecule has 1 rings (SSSR count). The lowest BCUT2D eigenvalue weighted by atomic mass is 9.89. The number of unbranched alkanes of at least 4 members (excludes halogenated alkanes) is 1. The van der Waals surface area contributed by atoms with Crippen LogP contribution in [0.15, 0.2) is 5.16 Å². The predicted octanol–water partition coefficient (Wildman–Crippen LogP) is 2.88. The van der Waals surface area contributed by atoms with E-state index in [0.717, 1.165) is 51.0 Å². The molecule has 1 atom stereocenters. The minimum atomic E-state index is -0.189. The first-order valence-electron chi connectivity index (χ1n) is 6.83. The van der Waals surface area contributed by atoms with E-state index in [-0.39, 0.29) is 5.41 Å². The molecule has 1 aliphatic rings. The number of hydrogen-bond acceptors (Lipinski definition) is 4. The van der Waals surface area contributed by atoms with Gasteiger partial charge in [0.15, 0.2) is 0 Å². The van der Waals surface area contributed by atoms with Crippen LogP contribution in [0.25, 0.3) is 0 Å². The fraction of sp³-hybridized carbons (Fsp3) is 0.857. The zero-order valence-corrected chi connectivity index (χ0v) is 11.8. The van der Waals surface area contributed by atoms with Gasteiger partial charge in [0.1, 0.15) is 0 Å². The molecule has 0 spiro atoms. The second-order valence-corrected chi connectivity index (χ2v) is 6.00. The summed E-state index contributed by atoms with van der Waals surface area (Å²) in [6, 6.07) is 2.34. The fourth-order valence-electron chi connectivity index (χ4n) is 2.41. The summed E-state index contributed by atoms with van der Waals surface area (Å²) in [4.78, 5) is 2.43. The Kier molecular flexibility index (Phi) is 5.61. The van der Waals surface area contributed by atoms with E-state index < -0.39 is 0 Å². The molecule has 4 nitrogen and oxygen atoms in total. The summed E-state index contributed by atoms with van der Waals surface area (Å²) in [6.45, 7) is 9.18. The quantitative estimate of drug-likeness (QED) is 0.464. The molecule has 102 valence electrons. The average molecular weight is 251 g/mol. The van der Waals surface area contributed by atoms with Gasteiger partial charge in [0, 0.05) is 25.4 Å². The predicted molar refractivity (Wildman–Crippen MR) is 72.7 cm³/mol. The number of rotatable bonds is 5. The Hall–Kier alpha value is -1.08. The van der Waals surface area contributed by atoms with Crippen molar-refractivity contribution in [2.24, 2.45) is 16.5 Å². The summed E-state index contributed by atoms with van der Waals surface area (Å²) in [5, 5.41) is 21.1. The molecular formula is C14H25N3O. The zero-order chi connectivity index (χ0) is 13.6. The molecule has 0 aliphatic carbocycles. The summed E-state index contributed by atoms with van der Waals surface area (Å²) >= 11 is 0. The zero-order valence-electron chi connectivity index (χ0n) is 11.8. The molecule has 1 N–H and O–H groups in total. The van der Waals surface area contributed by atoms with Crippen molar-refractivity contribution in [2.45, 2.75) is 46.5 Å². The Labute approximate surface area is 110 Å². The molecular weight excluding hydrogens is 226 g/mol. The van der Waals surface area contributed by atoms with E-state index in [4.69, 9.17) is 10.5 Å². The van der Waals surface area contributed by atoms with E-state index in [1.807, 2.05) is 13.8 Å². The molecule has 1 heterocycles. The number of hydrogen-bond donors (Lipinski definition) is 1. The molecule has 0 saturated carbocycles. The maximum Gasteiger partial charge on any atom is 0.0683 e. The average Bonchev–Trinajstić information content (AvgIpc) is 2.35. The lowest BCUT2D eigenvalue weighted by Gasteiger charge is -2.31. The van der Waals surface area contributed by atoms with Gasteiger partial charge in [-0.1, -0.05) is 18.5 Å². The van der Waals surface area contributed by atoms with Gasteiger partial charge < -0.3 is 10.1 Å². The number of oxime groups is 1. The summed E-state index contributed by atoms with van der Waals surface area (Å²) in [6.07, 6.45) is 4.09. The maximum absolute atomic E-state index is 8.94. The van der Waals surface area contributed by atoms with Crippen molar-refractivity contribution in [3.05, 3.63) is 0 Å². The smallest absolute Gasteiger partial charge is 0.0683 e. The van der Waals surface area contributed by atoms with Crippen LogP contribution in [-0.2, 0) is 0 Å². The summed E-state index contributed by atoms with van der Waals surface area (Å²) in [7, 11) is 0. The van der Waals surface area contributed by atoms with Gasteiger partial charge in [-0.15, -0.1) is 0 Å². The molecule has 4 heteroatoms. The van der Waals surface area contributed by atoms with Gasteiger partial charge in [-0.3, -0.25) is 0 Å². The highest BCUT2D eigenvalue weighted by Gasteiger charge is 2.22. The molecule has 0 aromatic rings. The van der Waals surface area contributed by atoms with E-state index in [1.54, 1.807) is 0 Å². The van der Waals surface area contributed by atoms with Gasteiger partial charge in [-0.05, 0) is 33.2 Å². The largest absolute Gasteiger partial charge is 0.411 e. The number of likely N-dealkylation sites (tertiary alicyclic amines) is 1. The third-order valence-electron chi connectivity index (χ3n) is 3.74. The lowest BCUT2D eigenvalue weighted by molar-refractivity contribution is 0.228. The van der Waals surface area contributed by atoms with Gasteiger partial charge in [0.05, 0.1) is 17.2 Å². The fourth-order valence-corrected chi connectivity index (χ4v) is 2.41. The summed E-state index contributed by atoms with van der Waals surface area (Å²) in [5.41, 5.74) is 0.739. The molecule has 1 unspecified atom stereocenters. The van der Waals surface area contributed by atoms with Crippen LogP contribution < -0.4 is 0 Å². The molecule has 0 radical (unpaired) electrons. The van der Waals surface area contributed by atoms with Crippen molar-refractivity contribution >= 4 is 5.71 Å². The number of nitrogens with zero attached hydrogens (tertiary/aromatic N) is 3. The van der Waals surface area contributed by atoms with Crippen LogP contribution in [-0.4, -0.2) is 35.5 Å². The first kappa shape index (κ1) is 15.0. The minimum Gasteiger partial charge on any atom is -0.411 e. The third kappa shape index (κ3) is 4.66. The van der Waals surface area contributed by atoms with Crippen molar-refractivity contribution in [3.63, 3.8) is 0 Å². The molecule has 0 bridgehead atoms. The molecule has 0 aromatic carbocycles. The second kappa shape index (κ2) is 6.75. The molecule has 18 heavy (non-hydrogen) atoms. The van der Waals surface area contributed by atoms with Crippen molar-refractivity contribution in [1.82, 2.24) is 4.90 Å². The third-order valence-corrected chi connectivity index (χ3v) is 3.74. The van der Waals surface area contributed by atoms with Crippen molar-refractivity contribution in [2.75, 3.05) is 19.6 Å². The van der Waals surface area contributed by atoms with Crippen LogP contribution in [0.5, 0.6) is 0 Å². The highest BCUT2D eigenvalue weighted by molar-refractivity contribution is 5.86. The van der Waals surface area contributed by atoms with Crippen LogP contribution in [0.4, 0.5) is 0 Å². The summed E-state index contributed by atoms with van der Waals surface area (Å²) < 4.78 is 0. The number of nitriles is 1. The van der Waals surface area contributed by atoms with E-state index in [2.05, 4.69) is 23.0 Å². The van der Waals surface area contributed by atoms with E-state index in [9.17, 15) is 0 Å². The SMILES string of the molecule is CC1CN(CCCCC(C)(C)C#N)CCC1=NO. The van der Waals surface area contributed by atoms with Gasteiger partial charge >= 0.3 is 0 Å². The Morgan fingerprint density at radius 2 is 2.22 bits per heavy atom. The van der Waals surface area contributed by atoms with Gasteiger partial charge in [0.2, 0.25) is 0 Å². The van der Waals surface area contributed by atoms with Crippen molar-refractivity contribution in [3.8, 4) is 6.07 Å². The maximum atomic E-state index is 8.94. The van der Waals surface area contributed by atoms with Gasteiger partial charge in [-0.2, -0.15) is 5.26 Å². The van der Waals surface area contributed by atoms with Crippen molar-refractivity contribution < 1.29 is 5.21 Å². The van der Waals surface area contributed by atoms with E-state index >= 15 is 0 Å². The first-order valence-corrected chi connectivity index (χ1v) is 6.83. The normalized spacial score (nSPS) is 24.1. The van der Waals surface area contributed by atoms with E-state index in [1.165, 1.54) is 0 Å². The minimum absolute atomic E-state index is 0.189. The topological polar surface area (TPSA) is 59.6 Å². The second-order valence-electron chi connectivity index (χ2n) is 6.00. The van der Waals surface area contributed by atoms with Gasteiger partial charge in [-0.25, -0.2) is 0 Å². The van der Waals surface area contributed by atoms with E-state index in [0.29, 0.717) is 5.92 Å². The Morgan fingerprint density at radius 3 is 2.78 bits per heavy atom. The molecule has 1 fully saturated rings. The van der Waals surface area contributed by atoms with Crippen molar-refractivity contribution in [1.29, 1.82) is 5.26 Å². The monoisotopic (exact) mass is 251 g/mol. The van der Waals surface area contributed by atoms with Crippen LogP contribution in [0, 0.1) is 22.7 Å². The van der Waals surface area contributed by atoms with Crippen LogP contribution in [0.1, 0.15) is 46.5 Å². The number of piperidine rings is 1. The highest BCUT2D eigenvalue weighted by Crippen LogP contribution is 2.22. The highest BCUT2D eigenvalue weighted by atomic mass is 16.4. The molecule has 1 aliphatic heterocycles. The lowest BCUT2D eigenvalue weighted by Crippen LogP contribution is -2.40. The standard InChI is InChI=1S/C14H25N3O/c1-12-10-17(9-6-13(12)16-18)8-5-4-7-14(2,3)11-15/h12,18H,4-10H2,1-3H3. The Bertz CT molecular complexity index is 330. The molecule has 0 aromatic heterocycles. The van der Waals surface area contributed by atoms with Crippen LogP contribution >= 0.6 is 0 Å². The Balaban J connectivity index is 2.20. The molecule has 1 saturated heterocycles. The first-order chi connectivity index (χ1) is 8.48. The Morgan fingerprint density at radius 1 is 1.50 bits per heavy atom.